The number of hydrogen-bond acceptors (Lipinski definition) is 8. The highest BCUT2D eigenvalue weighted by Crippen LogP contribution is 2.42. The molecular weight excluding hydrogens is 771 g/mol. The summed E-state index contributed by atoms with van der Waals surface area (Å²) in [7, 11) is 0. The van der Waals surface area contributed by atoms with Gasteiger partial charge in [0.15, 0.2) is 0 Å². The molecule has 8 heterocycles. The maximum atomic E-state index is 6.29. The van der Waals surface area contributed by atoms with Crippen molar-refractivity contribution >= 4 is 34.8 Å². The summed E-state index contributed by atoms with van der Waals surface area (Å²) in [4.78, 5) is 36.9. The van der Waals surface area contributed by atoms with Crippen LogP contribution in [0.4, 0.5) is 0 Å². The monoisotopic (exact) mass is 808 g/mol. The Hall–Kier alpha value is -5.93. The van der Waals surface area contributed by atoms with Gasteiger partial charge in [-0.05, 0) is 97.1 Å². The fraction of sp³-hybridized carbons (Fsp3) is 0.130. The molecule has 0 N–H and O–H groups in total. The zero-order valence-electron chi connectivity index (χ0n) is 31.3. The van der Waals surface area contributed by atoms with Crippen LogP contribution in [0.5, 0.6) is 0 Å². The molecule has 11 heteroatoms. The lowest BCUT2D eigenvalue weighted by Crippen LogP contribution is -2.19. The van der Waals surface area contributed by atoms with Gasteiger partial charge in [0.1, 0.15) is 0 Å². The molecule has 0 saturated heterocycles. The molecule has 0 saturated carbocycles. The van der Waals surface area contributed by atoms with E-state index in [4.69, 9.17) is 34.8 Å². The second kappa shape index (κ2) is 20.8. The van der Waals surface area contributed by atoms with Gasteiger partial charge in [-0.1, -0.05) is 79.0 Å². The predicted octanol–water partition coefficient (Wildman–Crippen LogP) is 11.4. The van der Waals surface area contributed by atoms with Crippen LogP contribution < -0.4 is 0 Å². The summed E-state index contributed by atoms with van der Waals surface area (Å²) in [5, 5.41) is 1.87. The van der Waals surface area contributed by atoms with E-state index in [1.165, 1.54) is 0 Å². The third kappa shape index (κ3) is 10.7. The highest BCUT2D eigenvalue weighted by atomic mass is 35.5. The van der Waals surface area contributed by atoms with Crippen LogP contribution in [0.1, 0.15) is 83.1 Å². The lowest BCUT2D eigenvalue weighted by molar-refractivity contribution is 0.626. The quantitative estimate of drug-likeness (QED) is 0.135. The Morgan fingerprint density at radius 3 is 0.684 bits per heavy atom. The molecule has 3 unspecified atom stereocenters. The number of hydrogen-bond donors (Lipinski definition) is 0. The molecule has 0 aliphatic rings. The van der Waals surface area contributed by atoms with Gasteiger partial charge in [0.2, 0.25) is 0 Å². The zero-order valence-corrected chi connectivity index (χ0v) is 33.5. The molecule has 0 fully saturated rings. The van der Waals surface area contributed by atoms with Crippen molar-refractivity contribution in [3.8, 4) is 0 Å². The Bertz CT molecular complexity index is 2270. The molecule has 8 rings (SSSR count). The first-order valence-corrected chi connectivity index (χ1v) is 19.6. The fourth-order valence-corrected chi connectivity index (χ4v) is 7.05. The molecule has 8 aromatic heterocycles. The molecule has 8 aromatic rings. The minimum Gasteiger partial charge on any atom is -0.261 e. The van der Waals surface area contributed by atoms with Crippen LogP contribution in [-0.4, -0.2) is 39.9 Å². The van der Waals surface area contributed by atoms with Crippen LogP contribution in [0, 0.1) is 0 Å². The van der Waals surface area contributed by atoms with Crippen molar-refractivity contribution in [2.24, 2.45) is 0 Å². The Labute approximate surface area is 348 Å². The highest BCUT2D eigenvalue weighted by Gasteiger charge is 2.33. The van der Waals surface area contributed by atoms with Gasteiger partial charge < -0.3 is 0 Å². The van der Waals surface area contributed by atoms with Crippen molar-refractivity contribution in [3.05, 3.63) is 238 Å². The van der Waals surface area contributed by atoms with Crippen molar-refractivity contribution in [3.63, 3.8) is 0 Å². The standard InChI is InChI=1S/C22H16Cl2N4.C22H17ClN4.C2H6/c23-15-7-11-27-19(13-15)21(17-5-1-3-9-25-17)22(18-6-2-4-10-26-18)20-14-16(24)8-12-28-20;23-16-10-14-27-20(15-16)22(19-9-3-6-13-26-19)21(17-7-1-4-11-24-17)18-8-2-5-12-25-18;1-2/h1-14,21-22H;1-15,21-22H;1-2H3. The molecule has 8 nitrogen and oxygen atoms in total. The first-order valence-electron chi connectivity index (χ1n) is 18.4. The molecule has 3 atom stereocenters. The van der Waals surface area contributed by atoms with Crippen LogP contribution in [-0.2, 0) is 0 Å². The third-order valence-electron chi connectivity index (χ3n) is 8.88. The summed E-state index contributed by atoms with van der Waals surface area (Å²) < 4.78 is 0. The van der Waals surface area contributed by atoms with Crippen molar-refractivity contribution in [2.45, 2.75) is 37.5 Å². The Kier molecular flexibility index (Phi) is 14.9. The second-order valence-electron chi connectivity index (χ2n) is 12.4. The van der Waals surface area contributed by atoms with E-state index in [0.29, 0.717) is 15.1 Å². The molecule has 0 aliphatic carbocycles. The van der Waals surface area contributed by atoms with E-state index in [2.05, 4.69) is 39.9 Å². The van der Waals surface area contributed by atoms with Gasteiger partial charge in [-0.3, -0.25) is 39.9 Å². The van der Waals surface area contributed by atoms with E-state index in [-0.39, 0.29) is 23.7 Å². The molecule has 0 amide bonds. The van der Waals surface area contributed by atoms with Gasteiger partial charge in [-0.15, -0.1) is 0 Å². The smallest absolute Gasteiger partial charge is 0.0576 e. The third-order valence-corrected chi connectivity index (χ3v) is 9.59. The summed E-state index contributed by atoms with van der Waals surface area (Å²) in [5.41, 5.74) is 6.86. The molecule has 0 radical (unpaired) electrons. The highest BCUT2D eigenvalue weighted by molar-refractivity contribution is 6.31. The maximum absolute atomic E-state index is 6.29. The van der Waals surface area contributed by atoms with Crippen molar-refractivity contribution in [1.29, 1.82) is 0 Å². The molecule has 57 heavy (non-hydrogen) atoms. The summed E-state index contributed by atoms with van der Waals surface area (Å²) in [6, 6.07) is 40.3. The minimum absolute atomic E-state index is 0.145. The number of nitrogens with zero attached hydrogens (tertiary/aromatic N) is 8. The second-order valence-corrected chi connectivity index (χ2v) is 13.7. The average Bonchev–Trinajstić information content (AvgIpc) is 3.27. The van der Waals surface area contributed by atoms with Gasteiger partial charge in [0, 0.05) is 64.6 Å². The molecule has 0 aromatic carbocycles. The number of halogens is 3. The molecule has 284 valence electrons. The lowest BCUT2D eigenvalue weighted by atomic mass is 9.81. The van der Waals surface area contributed by atoms with E-state index < -0.39 is 0 Å². The van der Waals surface area contributed by atoms with Crippen LogP contribution in [0.25, 0.3) is 0 Å². The fourth-order valence-electron chi connectivity index (χ4n) is 6.55. The molecular formula is C46H39Cl3N8. The van der Waals surface area contributed by atoms with Crippen molar-refractivity contribution in [2.75, 3.05) is 0 Å². The number of aromatic nitrogens is 8. The van der Waals surface area contributed by atoms with Crippen LogP contribution in [0.2, 0.25) is 15.1 Å². The average molecular weight is 810 g/mol. The topological polar surface area (TPSA) is 103 Å². The van der Waals surface area contributed by atoms with E-state index in [1.54, 1.807) is 67.8 Å². The first-order chi connectivity index (χ1) is 28.0. The van der Waals surface area contributed by atoms with Gasteiger partial charge in [-0.25, -0.2) is 0 Å². The summed E-state index contributed by atoms with van der Waals surface area (Å²) in [5.74, 6) is -0.788. The van der Waals surface area contributed by atoms with Gasteiger partial charge >= 0.3 is 0 Å². The van der Waals surface area contributed by atoms with Crippen molar-refractivity contribution < 1.29 is 0 Å². The van der Waals surface area contributed by atoms with Crippen molar-refractivity contribution in [1.82, 2.24) is 39.9 Å². The molecule has 0 bridgehead atoms. The normalized spacial score (nSPS) is 12.2. The lowest BCUT2D eigenvalue weighted by Gasteiger charge is -2.26. The van der Waals surface area contributed by atoms with E-state index in [0.717, 1.165) is 45.6 Å². The first kappa shape index (κ1) is 40.7. The number of rotatable bonds is 10. The van der Waals surface area contributed by atoms with E-state index >= 15 is 0 Å². The predicted molar refractivity (Wildman–Crippen MR) is 228 cm³/mol. The summed E-state index contributed by atoms with van der Waals surface area (Å²) in [6.07, 6.45) is 14.1. The molecule has 0 aliphatic heterocycles. The maximum Gasteiger partial charge on any atom is 0.0576 e. The van der Waals surface area contributed by atoms with Crippen LogP contribution in [0.3, 0.4) is 0 Å². The minimum atomic E-state index is -0.235. The summed E-state index contributed by atoms with van der Waals surface area (Å²) >= 11 is 18.9. The SMILES string of the molecule is CC.Clc1ccnc(C(c2ccccn2)C(c2ccccn2)c2cc(Cl)ccn2)c1.Clc1ccnc(C(c2ccccn2)C(c2ccccn2)c2ccccn2)c1. The van der Waals surface area contributed by atoms with E-state index in [1.807, 2.05) is 123 Å². The summed E-state index contributed by atoms with van der Waals surface area (Å²) in [6.45, 7) is 4.00. The Morgan fingerprint density at radius 2 is 0.491 bits per heavy atom. The van der Waals surface area contributed by atoms with E-state index in [9.17, 15) is 0 Å². The largest absolute Gasteiger partial charge is 0.261 e. The number of pyridine rings is 8. The van der Waals surface area contributed by atoms with Crippen LogP contribution in [0.15, 0.2) is 177 Å². The Balaban J connectivity index is 0.000000185. The van der Waals surface area contributed by atoms with Crippen LogP contribution >= 0.6 is 34.8 Å². The molecule has 0 spiro atoms. The van der Waals surface area contributed by atoms with Gasteiger partial charge in [0.05, 0.1) is 69.2 Å². The zero-order chi connectivity index (χ0) is 39.8. The van der Waals surface area contributed by atoms with Gasteiger partial charge in [0.25, 0.3) is 0 Å². The Morgan fingerprint density at radius 1 is 0.281 bits per heavy atom. The van der Waals surface area contributed by atoms with Gasteiger partial charge in [-0.2, -0.15) is 0 Å².